The van der Waals surface area contributed by atoms with Gasteiger partial charge in [0.2, 0.25) is 0 Å². The Kier molecular flexibility index (Phi) is 9.42. The van der Waals surface area contributed by atoms with Crippen molar-refractivity contribution in [3.63, 3.8) is 0 Å². The molecule has 0 aliphatic carbocycles. The second kappa shape index (κ2) is 12.6. The number of methoxy groups -OCH3 is 1. The summed E-state index contributed by atoms with van der Waals surface area (Å²) in [6, 6.07) is 24.9. The molecule has 41 heavy (non-hydrogen) atoms. The smallest absolute Gasteiger partial charge is 0.330 e. The summed E-state index contributed by atoms with van der Waals surface area (Å²) in [7, 11) is -1.15. The Morgan fingerprint density at radius 3 is 2.22 bits per heavy atom. The van der Waals surface area contributed by atoms with Gasteiger partial charge in [0.1, 0.15) is 17.1 Å². The van der Waals surface area contributed by atoms with E-state index < -0.39 is 26.0 Å². The van der Waals surface area contributed by atoms with Gasteiger partial charge >= 0.3 is 5.97 Å². The van der Waals surface area contributed by atoms with Crippen molar-refractivity contribution in [3.05, 3.63) is 96.1 Å². The van der Waals surface area contributed by atoms with Gasteiger partial charge in [0.25, 0.3) is 8.32 Å². The van der Waals surface area contributed by atoms with Crippen LogP contribution in [0, 0.1) is 0 Å². The van der Waals surface area contributed by atoms with E-state index in [2.05, 4.69) is 69.3 Å². The molecule has 0 unspecified atom stereocenters. The molecule has 0 amide bonds. The van der Waals surface area contributed by atoms with Gasteiger partial charge in [0, 0.05) is 18.9 Å². The minimum absolute atomic E-state index is 0.162. The molecule has 1 heterocycles. The fourth-order valence-electron chi connectivity index (χ4n) is 5.81. The van der Waals surface area contributed by atoms with Crippen molar-refractivity contribution in [2.45, 2.75) is 70.8 Å². The predicted molar refractivity (Wildman–Crippen MR) is 164 cm³/mol. The summed E-state index contributed by atoms with van der Waals surface area (Å²) >= 11 is 0. The van der Waals surface area contributed by atoms with Crippen molar-refractivity contribution in [2.24, 2.45) is 0 Å². The van der Waals surface area contributed by atoms with Crippen LogP contribution in [0.4, 0.5) is 0 Å². The van der Waals surface area contributed by atoms with Crippen LogP contribution >= 0.6 is 0 Å². The first-order valence-corrected chi connectivity index (χ1v) is 16.1. The first kappa shape index (κ1) is 30.6. The highest BCUT2D eigenvalue weighted by molar-refractivity contribution is 6.99. The van der Waals surface area contributed by atoms with Crippen LogP contribution in [-0.2, 0) is 20.6 Å². The Balaban J connectivity index is 1.69. The van der Waals surface area contributed by atoms with E-state index in [1.165, 1.54) is 16.4 Å². The van der Waals surface area contributed by atoms with Gasteiger partial charge in [-0.15, -0.1) is 0 Å². The molecule has 218 valence electrons. The van der Waals surface area contributed by atoms with E-state index in [0.717, 1.165) is 5.56 Å². The Morgan fingerprint density at radius 1 is 1.07 bits per heavy atom. The first-order chi connectivity index (χ1) is 19.5. The second-order valence-electron chi connectivity index (χ2n) is 11.8. The third-order valence-corrected chi connectivity index (χ3v) is 12.6. The maximum Gasteiger partial charge on any atom is 0.330 e. The van der Waals surface area contributed by atoms with Crippen LogP contribution in [0.3, 0.4) is 0 Å². The third-order valence-electron chi connectivity index (χ3n) is 7.66. The van der Waals surface area contributed by atoms with E-state index in [1.54, 1.807) is 20.1 Å². The van der Waals surface area contributed by atoms with E-state index in [9.17, 15) is 9.90 Å². The highest BCUT2D eigenvalue weighted by atomic mass is 28.4. The van der Waals surface area contributed by atoms with Crippen molar-refractivity contribution >= 4 is 24.7 Å². The summed E-state index contributed by atoms with van der Waals surface area (Å²) in [6.45, 7) is 11.1. The van der Waals surface area contributed by atoms with Gasteiger partial charge in [-0.05, 0) is 47.0 Å². The van der Waals surface area contributed by atoms with E-state index in [4.69, 9.17) is 18.6 Å². The topological polar surface area (TPSA) is 74.2 Å². The zero-order chi connectivity index (χ0) is 29.7. The number of ether oxygens (including phenoxy) is 3. The molecular formula is C34H42O6Si. The van der Waals surface area contributed by atoms with Gasteiger partial charge < -0.3 is 23.7 Å². The van der Waals surface area contributed by atoms with Gasteiger partial charge in [-0.25, -0.2) is 4.79 Å². The predicted octanol–water partition coefficient (Wildman–Crippen LogP) is 5.86. The van der Waals surface area contributed by atoms with E-state index >= 15 is 0 Å². The lowest BCUT2D eigenvalue weighted by Crippen LogP contribution is -2.66. The number of aliphatic hydroxyl groups excluding tert-OH is 1. The Labute approximate surface area is 245 Å². The van der Waals surface area contributed by atoms with Gasteiger partial charge in [-0.3, -0.25) is 0 Å². The Hall–Kier alpha value is -3.39. The average molecular weight is 575 g/mol. The molecule has 1 aliphatic heterocycles. The summed E-state index contributed by atoms with van der Waals surface area (Å²) in [5.41, 5.74) is 0.818. The lowest BCUT2D eigenvalue weighted by Gasteiger charge is -2.43. The van der Waals surface area contributed by atoms with Crippen molar-refractivity contribution in [1.29, 1.82) is 0 Å². The lowest BCUT2D eigenvalue weighted by atomic mass is 9.87. The fourth-order valence-corrected chi connectivity index (χ4v) is 10.4. The summed E-state index contributed by atoms with van der Waals surface area (Å²) < 4.78 is 24.4. The average Bonchev–Trinajstić information content (AvgIpc) is 2.93. The normalized spacial score (nSPS) is 19.0. The van der Waals surface area contributed by atoms with Crippen LogP contribution in [-0.4, -0.2) is 38.7 Å². The van der Waals surface area contributed by atoms with Crippen molar-refractivity contribution in [3.8, 4) is 11.5 Å². The maximum atomic E-state index is 11.8. The number of carbonyl (C=O) groups is 1. The minimum atomic E-state index is -2.76. The highest BCUT2D eigenvalue weighted by Crippen LogP contribution is 2.46. The molecule has 4 rings (SSSR count). The number of fused-ring (bicyclic) bond motifs is 1. The molecule has 2 atom stereocenters. The SMILES string of the molecule is CCOC(=O)/C=C/C[C@]1(C)C[C@H](O)c2c(OC)cc(CO[Si](c3ccccc3)(c3ccccc3)C(C)(C)C)cc2O1. The van der Waals surface area contributed by atoms with Gasteiger partial charge in [0.15, 0.2) is 0 Å². The second-order valence-corrected chi connectivity index (χ2v) is 16.1. The van der Waals surface area contributed by atoms with E-state index in [-0.39, 0.29) is 5.04 Å². The van der Waals surface area contributed by atoms with Crippen LogP contribution in [0.1, 0.15) is 64.7 Å². The zero-order valence-corrected chi connectivity index (χ0v) is 26.0. The van der Waals surface area contributed by atoms with Gasteiger partial charge in [-0.1, -0.05) is 87.5 Å². The number of rotatable bonds is 10. The zero-order valence-electron chi connectivity index (χ0n) is 25.0. The molecule has 3 aromatic carbocycles. The van der Waals surface area contributed by atoms with Crippen molar-refractivity contribution in [2.75, 3.05) is 13.7 Å². The van der Waals surface area contributed by atoms with Crippen molar-refractivity contribution < 1.29 is 28.5 Å². The molecule has 7 heteroatoms. The van der Waals surface area contributed by atoms with Gasteiger partial charge in [0.05, 0.1) is 32.0 Å². The molecule has 0 spiro atoms. The molecule has 0 aromatic heterocycles. The molecule has 1 aliphatic rings. The van der Waals surface area contributed by atoms with Crippen LogP contribution < -0.4 is 19.8 Å². The van der Waals surface area contributed by atoms with Gasteiger partial charge in [-0.2, -0.15) is 0 Å². The standard InChI is InChI=1S/C34H42O6Si/c1-7-38-31(36)19-14-20-34(5)23-28(35)32-29(37-6)21-25(22-30(32)40-34)24-39-41(33(2,3)4,26-15-10-8-11-16-26)27-17-12-9-13-18-27/h8-19,21-22,28,35H,7,20,23-24H2,1-6H3/b19-14+/t28-,34+/m0/s1. The summed E-state index contributed by atoms with van der Waals surface area (Å²) in [4.78, 5) is 11.8. The minimum Gasteiger partial charge on any atom is -0.496 e. The molecule has 1 N–H and O–H groups in total. The number of aliphatic hydroxyl groups is 1. The summed E-state index contributed by atoms with van der Waals surface area (Å²) in [6.07, 6.45) is 3.17. The Morgan fingerprint density at radius 2 is 1.68 bits per heavy atom. The molecular weight excluding hydrogens is 532 g/mol. The fraction of sp³-hybridized carbons (Fsp3) is 0.382. The molecule has 0 saturated carbocycles. The number of carbonyl (C=O) groups excluding carboxylic acids is 1. The molecule has 6 nitrogen and oxygen atoms in total. The number of hydrogen-bond donors (Lipinski definition) is 1. The monoisotopic (exact) mass is 574 g/mol. The maximum absolute atomic E-state index is 11.8. The quantitative estimate of drug-likeness (QED) is 0.186. The van der Waals surface area contributed by atoms with Crippen LogP contribution in [0.25, 0.3) is 0 Å². The molecule has 3 aromatic rings. The number of esters is 1. The molecule has 0 bridgehead atoms. The highest BCUT2D eigenvalue weighted by Gasteiger charge is 2.50. The van der Waals surface area contributed by atoms with Crippen LogP contribution in [0.2, 0.25) is 5.04 Å². The number of hydrogen-bond acceptors (Lipinski definition) is 6. The molecule has 0 saturated heterocycles. The summed E-state index contributed by atoms with van der Waals surface area (Å²) in [5.74, 6) is 0.744. The van der Waals surface area contributed by atoms with E-state index in [1.807, 2.05) is 31.2 Å². The van der Waals surface area contributed by atoms with Crippen molar-refractivity contribution in [1.82, 2.24) is 0 Å². The van der Waals surface area contributed by atoms with Crippen LogP contribution in [0.15, 0.2) is 84.9 Å². The molecule has 0 radical (unpaired) electrons. The summed E-state index contributed by atoms with van der Waals surface area (Å²) in [5, 5.41) is 13.4. The third kappa shape index (κ3) is 6.58. The lowest BCUT2D eigenvalue weighted by molar-refractivity contribution is -0.137. The largest absolute Gasteiger partial charge is 0.496 e. The first-order valence-electron chi connectivity index (χ1n) is 14.2. The van der Waals surface area contributed by atoms with E-state index in [0.29, 0.717) is 43.1 Å². The van der Waals surface area contributed by atoms with Crippen LogP contribution in [0.5, 0.6) is 11.5 Å². The Bertz CT molecular complexity index is 1310. The molecule has 0 fully saturated rings. The number of benzene rings is 3.